The highest BCUT2D eigenvalue weighted by atomic mass is 16.5. The topological polar surface area (TPSA) is 143 Å². The quantitative estimate of drug-likeness (QED) is 0.497. The van der Waals surface area contributed by atoms with E-state index >= 15 is 0 Å². The van der Waals surface area contributed by atoms with E-state index in [2.05, 4.69) is 0 Å². The number of phenolic OH excluding ortho intramolecular Hbond substituents is 2. The Kier molecular flexibility index (Phi) is 6.53. The number of hydrogen-bond donors (Lipinski definition) is 4. The zero-order chi connectivity index (χ0) is 24.7. The molecule has 182 valence electrons. The molecular weight excluding hydrogens is 444 g/mol. The average molecular weight is 472 g/mol. The van der Waals surface area contributed by atoms with Crippen LogP contribution in [0.5, 0.6) is 23.0 Å². The smallest absolute Gasteiger partial charge is 0.167 e. The second kappa shape index (κ2) is 9.25. The predicted molar refractivity (Wildman–Crippen MR) is 120 cm³/mol. The van der Waals surface area contributed by atoms with Gasteiger partial charge in [0, 0.05) is 12.8 Å². The van der Waals surface area contributed by atoms with Gasteiger partial charge in [0.1, 0.15) is 23.0 Å². The number of rotatable bonds is 6. The number of ketones is 2. The fourth-order valence-electron chi connectivity index (χ4n) is 4.77. The number of methoxy groups -OCH3 is 2. The first-order valence-electron chi connectivity index (χ1n) is 11.1. The Labute approximate surface area is 196 Å². The molecule has 2 aromatic carbocycles. The second-order valence-electron chi connectivity index (χ2n) is 8.58. The molecule has 3 atom stereocenters. The highest BCUT2D eigenvalue weighted by Crippen LogP contribution is 2.46. The summed E-state index contributed by atoms with van der Waals surface area (Å²) in [5, 5.41) is 42.4. The molecule has 0 fully saturated rings. The lowest BCUT2D eigenvalue weighted by atomic mass is 9.85. The van der Waals surface area contributed by atoms with Gasteiger partial charge in [0.25, 0.3) is 0 Å². The molecule has 9 nitrogen and oxygen atoms in total. The molecule has 4 N–H and O–H groups in total. The van der Waals surface area contributed by atoms with E-state index in [-0.39, 0.29) is 89.1 Å². The number of fused-ring (bicyclic) bond motifs is 2. The van der Waals surface area contributed by atoms with Crippen molar-refractivity contribution in [1.29, 1.82) is 0 Å². The molecule has 2 aliphatic rings. The molecule has 2 aromatic rings. The minimum Gasteiger partial charge on any atom is -0.507 e. The van der Waals surface area contributed by atoms with E-state index in [1.807, 2.05) is 0 Å². The van der Waals surface area contributed by atoms with Gasteiger partial charge in [0.05, 0.1) is 61.4 Å². The molecule has 4 rings (SSSR count). The number of carbonyl (C=O) groups excluding carboxylic acids is 2. The Morgan fingerprint density at radius 1 is 0.882 bits per heavy atom. The molecule has 34 heavy (non-hydrogen) atoms. The van der Waals surface area contributed by atoms with E-state index in [4.69, 9.17) is 14.2 Å². The third kappa shape index (κ3) is 3.89. The maximum atomic E-state index is 12.5. The van der Waals surface area contributed by atoms with E-state index in [1.165, 1.54) is 26.4 Å². The fraction of sp³-hybridized carbons (Fsp3) is 0.440. The number of hydrogen-bond acceptors (Lipinski definition) is 9. The van der Waals surface area contributed by atoms with Gasteiger partial charge < -0.3 is 34.6 Å². The maximum Gasteiger partial charge on any atom is 0.167 e. The molecule has 2 aliphatic carbocycles. The SMILES string of the molecule is COc1cc2c(c(O)c1CO[C@H](C)c1c(OC)cc3c(c1O)C(=O)CC[C@@H]3O)C(=O)CC[C@@H]2O. The van der Waals surface area contributed by atoms with Gasteiger partial charge >= 0.3 is 0 Å². The van der Waals surface area contributed by atoms with Crippen LogP contribution in [0.25, 0.3) is 0 Å². The van der Waals surface area contributed by atoms with Crippen molar-refractivity contribution in [2.24, 2.45) is 0 Å². The van der Waals surface area contributed by atoms with Gasteiger partial charge in [-0.15, -0.1) is 0 Å². The number of aliphatic hydroxyl groups is 2. The molecule has 0 amide bonds. The first-order chi connectivity index (χ1) is 16.2. The number of ether oxygens (including phenoxy) is 3. The van der Waals surface area contributed by atoms with E-state index < -0.39 is 18.3 Å². The van der Waals surface area contributed by atoms with Crippen molar-refractivity contribution in [3.05, 3.63) is 45.5 Å². The zero-order valence-electron chi connectivity index (χ0n) is 19.3. The van der Waals surface area contributed by atoms with Crippen molar-refractivity contribution < 1.29 is 44.2 Å². The van der Waals surface area contributed by atoms with Gasteiger partial charge in [-0.3, -0.25) is 9.59 Å². The number of aliphatic hydroxyl groups excluding tert-OH is 2. The molecule has 0 saturated heterocycles. The molecule has 0 aliphatic heterocycles. The van der Waals surface area contributed by atoms with Gasteiger partial charge in [-0.2, -0.15) is 0 Å². The molecule has 0 radical (unpaired) electrons. The lowest BCUT2D eigenvalue weighted by Crippen LogP contribution is -2.18. The van der Waals surface area contributed by atoms with E-state index in [9.17, 15) is 30.0 Å². The summed E-state index contributed by atoms with van der Waals surface area (Å²) in [5.74, 6) is -0.689. The molecule has 0 saturated carbocycles. The van der Waals surface area contributed by atoms with Crippen LogP contribution < -0.4 is 9.47 Å². The Morgan fingerprint density at radius 2 is 1.38 bits per heavy atom. The number of aromatic hydroxyl groups is 2. The van der Waals surface area contributed by atoms with E-state index in [0.717, 1.165) is 0 Å². The van der Waals surface area contributed by atoms with Crippen LogP contribution in [0, 0.1) is 0 Å². The van der Waals surface area contributed by atoms with Crippen molar-refractivity contribution in [2.75, 3.05) is 14.2 Å². The summed E-state index contributed by atoms with van der Waals surface area (Å²) in [7, 11) is 2.81. The third-order valence-electron chi connectivity index (χ3n) is 6.62. The van der Waals surface area contributed by atoms with Crippen LogP contribution in [0.2, 0.25) is 0 Å². The first-order valence-corrected chi connectivity index (χ1v) is 11.1. The number of Topliss-reactive ketones (excluding diaryl/α,β-unsaturated/α-hetero) is 2. The van der Waals surface area contributed by atoms with Gasteiger partial charge in [-0.05, 0) is 43.0 Å². The summed E-state index contributed by atoms with van der Waals surface area (Å²) >= 11 is 0. The maximum absolute atomic E-state index is 12.5. The van der Waals surface area contributed by atoms with E-state index in [0.29, 0.717) is 11.1 Å². The van der Waals surface area contributed by atoms with Crippen LogP contribution in [0.1, 0.15) is 93.9 Å². The first kappa shape index (κ1) is 24.0. The van der Waals surface area contributed by atoms with Crippen molar-refractivity contribution in [3.8, 4) is 23.0 Å². The largest absolute Gasteiger partial charge is 0.507 e. The van der Waals surface area contributed by atoms with Gasteiger partial charge in [0.2, 0.25) is 0 Å². The summed E-state index contributed by atoms with van der Waals surface area (Å²) in [6, 6.07) is 3.06. The monoisotopic (exact) mass is 472 g/mol. The van der Waals surface area contributed by atoms with Crippen LogP contribution in [-0.4, -0.2) is 46.2 Å². The summed E-state index contributed by atoms with van der Waals surface area (Å²) in [6.45, 7) is 1.45. The van der Waals surface area contributed by atoms with Crippen molar-refractivity contribution >= 4 is 11.6 Å². The van der Waals surface area contributed by atoms with Crippen LogP contribution in [0.4, 0.5) is 0 Å². The molecule has 9 heteroatoms. The average Bonchev–Trinajstić information content (AvgIpc) is 2.81. The van der Waals surface area contributed by atoms with Crippen molar-refractivity contribution in [1.82, 2.24) is 0 Å². The van der Waals surface area contributed by atoms with Crippen molar-refractivity contribution in [3.63, 3.8) is 0 Å². The van der Waals surface area contributed by atoms with E-state index in [1.54, 1.807) is 6.92 Å². The number of benzene rings is 2. The lowest BCUT2D eigenvalue weighted by molar-refractivity contribution is 0.0465. The normalized spacial score (nSPS) is 20.5. The third-order valence-corrected chi connectivity index (χ3v) is 6.62. The minimum absolute atomic E-state index is 0.0544. The predicted octanol–water partition coefficient (Wildman–Crippen LogP) is 3.41. The van der Waals surface area contributed by atoms with Crippen LogP contribution in [-0.2, 0) is 11.3 Å². The summed E-state index contributed by atoms with van der Waals surface area (Å²) in [5.41, 5.74) is 1.18. The Bertz CT molecular complexity index is 1150. The Balaban J connectivity index is 1.70. The lowest BCUT2D eigenvalue weighted by Gasteiger charge is -2.27. The standard InChI is InChI=1S/C25H28O9/c1-11(21-20(33-3)9-13-16(27)5-7-18(29)23(13)25(21)31)34-10-14-19(32-2)8-12-15(26)4-6-17(28)22(12)24(14)30/h8-9,11,15-16,26-27,30-31H,4-7,10H2,1-3H3/t11-,15+,16+/m1/s1. The Morgan fingerprint density at radius 3 is 1.91 bits per heavy atom. The molecule has 0 bridgehead atoms. The van der Waals surface area contributed by atoms with Gasteiger partial charge in [-0.1, -0.05) is 0 Å². The van der Waals surface area contributed by atoms with Gasteiger partial charge in [0.15, 0.2) is 11.6 Å². The molecule has 0 aromatic heterocycles. The molecule has 0 heterocycles. The summed E-state index contributed by atoms with van der Waals surface area (Å²) in [6.07, 6.45) is -1.80. The Hall–Kier alpha value is -3.14. The minimum atomic E-state index is -0.887. The molecular formula is C25H28O9. The van der Waals surface area contributed by atoms with Crippen LogP contribution in [0.15, 0.2) is 12.1 Å². The van der Waals surface area contributed by atoms with Crippen molar-refractivity contribution in [2.45, 2.75) is 57.5 Å². The molecule has 0 unspecified atom stereocenters. The highest BCUT2D eigenvalue weighted by molar-refractivity contribution is 6.02. The van der Waals surface area contributed by atoms with Crippen LogP contribution in [0.3, 0.4) is 0 Å². The molecule has 0 spiro atoms. The van der Waals surface area contributed by atoms with Gasteiger partial charge in [-0.25, -0.2) is 0 Å². The summed E-state index contributed by atoms with van der Waals surface area (Å²) < 4.78 is 16.7. The highest BCUT2D eigenvalue weighted by Gasteiger charge is 2.34. The number of phenols is 2. The fourth-order valence-corrected chi connectivity index (χ4v) is 4.77. The number of carbonyl (C=O) groups is 2. The second-order valence-corrected chi connectivity index (χ2v) is 8.58. The van der Waals surface area contributed by atoms with Crippen LogP contribution >= 0.6 is 0 Å². The zero-order valence-corrected chi connectivity index (χ0v) is 19.3. The summed E-state index contributed by atoms with van der Waals surface area (Å²) in [4.78, 5) is 24.9.